The SMILES string of the molecule is COc1ccccc1Cc1nc2c(c(=O)[nH]1)CNC2. The summed E-state index contributed by atoms with van der Waals surface area (Å²) in [4.78, 5) is 19.3. The Morgan fingerprint density at radius 3 is 3.00 bits per heavy atom. The number of hydrogen-bond acceptors (Lipinski definition) is 4. The van der Waals surface area contributed by atoms with Gasteiger partial charge >= 0.3 is 0 Å². The summed E-state index contributed by atoms with van der Waals surface area (Å²) in [7, 11) is 1.64. The fourth-order valence-corrected chi connectivity index (χ4v) is 2.34. The minimum Gasteiger partial charge on any atom is -0.496 e. The van der Waals surface area contributed by atoms with Crippen molar-refractivity contribution in [3.63, 3.8) is 0 Å². The number of aromatic nitrogens is 2. The highest BCUT2D eigenvalue weighted by Gasteiger charge is 2.17. The molecule has 2 N–H and O–H groups in total. The molecule has 0 amide bonds. The highest BCUT2D eigenvalue weighted by molar-refractivity contribution is 5.35. The number of hydrogen-bond donors (Lipinski definition) is 2. The van der Waals surface area contributed by atoms with Crippen LogP contribution in [0, 0.1) is 0 Å². The lowest BCUT2D eigenvalue weighted by Crippen LogP contribution is -2.17. The topological polar surface area (TPSA) is 67.0 Å². The highest BCUT2D eigenvalue weighted by Crippen LogP contribution is 2.19. The Morgan fingerprint density at radius 1 is 1.32 bits per heavy atom. The number of H-pyrrole nitrogens is 1. The molecule has 5 heteroatoms. The summed E-state index contributed by atoms with van der Waals surface area (Å²) in [6.45, 7) is 1.27. The molecule has 1 aromatic carbocycles. The second-order valence-electron chi connectivity index (χ2n) is 4.53. The van der Waals surface area contributed by atoms with Gasteiger partial charge in [-0.3, -0.25) is 4.79 Å². The molecule has 0 bridgehead atoms. The van der Waals surface area contributed by atoms with E-state index in [-0.39, 0.29) is 5.56 Å². The number of aromatic amines is 1. The van der Waals surface area contributed by atoms with Crippen LogP contribution in [-0.2, 0) is 19.5 Å². The molecule has 0 spiro atoms. The zero-order valence-corrected chi connectivity index (χ0v) is 10.7. The van der Waals surface area contributed by atoms with Crippen LogP contribution >= 0.6 is 0 Å². The first kappa shape index (κ1) is 11.9. The molecule has 98 valence electrons. The Morgan fingerprint density at radius 2 is 2.16 bits per heavy atom. The lowest BCUT2D eigenvalue weighted by atomic mass is 10.1. The highest BCUT2D eigenvalue weighted by atomic mass is 16.5. The molecule has 2 heterocycles. The number of para-hydroxylation sites is 1. The van der Waals surface area contributed by atoms with Crippen molar-refractivity contribution in [3.05, 3.63) is 57.3 Å². The Bertz CT molecular complexity index is 664. The first-order valence-corrected chi connectivity index (χ1v) is 6.21. The maximum atomic E-state index is 11.9. The Hall–Kier alpha value is -2.14. The summed E-state index contributed by atoms with van der Waals surface area (Å²) in [5, 5.41) is 3.13. The summed E-state index contributed by atoms with van der Waals surface area (Å²) in [5.74, 6) is 1.49. The first-order valence-electron chi connectivity index (χ1n) is 6.21. The molecule has 3 rings (SSSR count). The number of methoxy groups -OCH3 is 1. The number of nitrogens with one attached hydrogen (secondary N) is 2. The fourth-order valence-electron chi connectivity index (χ4n) is 2.34. The van der Waals surface area contributed by atoms with Gasteiger partial charge in [-0.05, 0) is 6.07 Å². The van der Waals surface area contributed by atoms with Crippen LogP contribution < -0.4 is 15.6 Å². The molecule has 5 nitrogen and oxygen atoms in total. The third kappa shape index (κ3) is 2.24. The molecule has 0 saturated carbocycles. The molecule has 2 aromatic rings. The van der Waals surface area contributed by atoms with Crippen LogP contribution in [0.5, 0.6) is 5.75 Å². The second-order valence-corrected chi connectivity index (χ2v) is 4.53. The summed E-state index contributed by atoms with van der Waals surface area (Å²) in [6.07, 6.45) is 0.562. The average Bonchev–Trinajstić information content (AvgIpc) is 2.88. The van der Waals surface area contributed by atoms with Crippen molar-refractivity contribution in [3.8, 4) is 5.75 Å². The van der Waals surface area contributed by atoms with Crippen LogP contribution in [0.4, 0.5) is 0 Å². The number of ether oxygens (including phenoxy) is 1. The van der Waals surface area contributed by atoms with Gasteiger partial charge in [-0.25, -0.2) is 4.98 Å². The number of fused-ring (bicyclic) bond motifs is 1. The molecule has 1 aliphatic rings. The molecule has 0 radical (unpaired) electrons. The normalized spacial score (nSPS) is 13.3. The maximum absolute atomic E-state index is 11.9. The van der Waals surface area contributed by atoms with Gasteiger partial charge in [0.2, 0.25) is 0 Å². The van der Waals surface area contributed by atoms with Gasteiger partial charge in [-0.15, -0.1) is 0 Å². The molecule has 0 atom stereocenters. The summed E-state index contributed by atoms with van der Waals surface area (Å²) < 4.78 is 5.31. The molecule has 0 fully saturated rings. The smallest absolute Gasteiger partial charge is 0.255 e. The maximum Gasteiger partial charge on any atom is 0.255 e. The molecule has 1 aromatic heterocycles. The van der Waals surface area contributed by atoms with Crippen molar-refractivity contribution in [1.29, 1.82) is 0 Å². The van der Waals surface area contributed by atoms with Crippen LogP contribution in [0.1, 0.15) is 22.6 Å². The number of benzene rings is 1. The summed E-state index contributed by atoms with van der Waals surface area (Å²) in [6, 6.07) is 7.75. The van der Waals surface area contributed by atoms with Gasteiger partial charge < -0.3 is 15.0 Å². The van der Waals surface area contributed by atoms with Gasteiger partial charge in [0.25, 0.3) is 5.56 Å². The van der Waals surface area contributed by atoms with Crippen molar-refractivity contribution in [2.24, 2.45) is 0 Å². The van der Waals surface area contributed by atoms with E-state index >= 15 is 0 Å². The quantitative estimate of drug-likeness (QED) is 0.860. The zero-order valence-electron chi connectivity index (χ0n) is 10.7. The van der Waals surface area contributed by atoms with E-state index in [9.17, 15) is 4.79 Å². The molecule has 0 aliphatic carbocycles. The van der Waals surface area contributed by atoms with Crippen LogP contribution in [0.3, 0.4) is 0 Å². The van der Waals surface area contributed by atoms with Crippen LogP contribution in [0.2, 0.25) is 0 Å². The van der Waals surface area contributed by atoms with E-state index < -0.39 is 0 Å². The predicted molar refractivity (Wildman–Crippen MR) is 71.2 cm³/mol. The average molecular weight is 257 g/mol. The Labute approximate surface area is 110 Å². The van der Waals surface area contributed by atoms with E-state index in [1.54, 1.807) is 7.11 Å². The van der Waals surface area contributed by atoms with E-state index in [0.29, 0.717) is 25.3 Å². The lowest BCUT2D eigenvalue weighted by molar-refractivity contribution is 0.410. The third-order valence-electron chi connectivity index (χ3n) is 3.29. The predicted octanol–water partition coefficient (Wildman–Crippen LogP) is 0.972. The monoisotopic (exact) mass is 257 g/mol. The zero-order chi connectivity index (χ0) is 13.2. The van der Waals surface area contributed by atoms with Crippen LogP contribution in [-0.4, -0.2) is 17.1 Å². The molecule has 0 saturated heterocycles. The van der Waals surface area contributed by atoms with Gasteiger partial charge in [0.05, 0.1) is 18.4 Å². The molecule has 0 unspecified atom stereocenters. The Kier molecular flexibility index (Phi) is 3.05. The molecule has 1 aliphatic heterocycles. The van der Waals surface area contributed by atoms with Gasteiger partial charge in [-0.1, -0.05) is 18.2 Å². The van der Waals surface area contributed by atoms with E-state index in [2.05, 4.69) is 15.3 Å². The van der Waals surface area contributed by atoms with Gasteiger partial charge in [0.1, 0.15) is 11.6 Å². The molecular formula is C14H15N3O2. The van der Waals surface area contributed by atoms with Crippen molar-refractivity contribution in [2.45, 2.75) is 19.5 Å². The molecule has 19 heavy (non-hydrogen) atoms. The van der Waals surface area contributed by atoms with Gasteiger partial charge in [0.15, 0.2) is 0 Å². The Balaban J connectivity index is 1.96. The minimum atomic E-state index is -0.0418. The van der Waals surface area contributed by atoms with Crippen LogP contribution in [0.25, 0.3) is 0 Å². The summed E-state index contributed by atoms with van der Waals surface area (Å²) >= 11 is 0. The lowest BCUT2D eigenvalue weighted by Gasteiger charge is -2.08. The second kappa shape index (κ2) is 4.85. The van der Waals surface area contributed by atoms with Crippen molar-refractivity contribution in [1.82, 2.24) is 15.3 Å². The van der Waals surface area contributed by atoms with Gasteiger partial charge in [0, 0.05) is 25.1 Å². The van der Waals surface area contributed by atoms with E-state index in [4.69, 9.17) is 4.74 Å². The fraction of sp³-hybridized carbons (Fsp3) is 0.286. The van der Waals surface area contributed by atoms with Gasteiger partial charge in [-0.2, -0.15) is 0 Å². The number of nitrogens with zero attached hydrogens (tertiary/aromatic N) is 1. The van der Waals surface area contributed by atoms with Crippen LogP contribution in [0.15, 0.2) is 29.1 Å². The largest absolute Gasteiger partial charge is 0.496 e. The van der Waals surface area contributed by atoms with E-state index in [0.717, 1.165) is 22.6 Å². The molecular weight excluding hydrogens is 242 g/mol. The van der Waals surface area contributed by atoms with Crippen molar-refractivity contribution in [2.75, 3.05) is 7.11 Å². The standard InChI is InChI=1S/C14H15N3O2/c1-19-12-5-3-2-4-9(12)6-13-16-11-8-15-7-10(11)14(18)17-13/h2-5,15H,6-8H2,1H3,(H,16,17,18). The van der Waals surface area contributed by atoms with Crippen molar-refractivity contribution >= 4 is 0 Å². The first-order chi connectivity index (χ1) is 9.28. The van der Waals surface area contributed by atoms with E-state index in [1.165, 1.54) is 0 Å². The third-order valence-corrected chi connectivity index (χ3v) is 3.29. The minimum absolute atomic E-state index is 0.0418. The summed E-state index contributed by atoms with van der Waals surface area (Å²) in [5.41, 5.74) is 2.58. The van der Waals surface area contributed by atoms with E-state index in [1.807, 2.05) is 24.3 Å². The number of rotatable bonds is 3. The van der Waals surface area contributed by atoms with Crippen molar-refractivity contribution < 1.29 is 4.74 Å².